The van der Waals surface area contributed by atoms with Crippen LogP contribution in [0, 0.1) is 11.3 Å². The molecule has 3 aromatic rings. The maximum absolute atomic E-state index is 12.5. The number of nitrogens with zero attached hydrogens (tertiary/aromatic N) is 3. The molecule has 0 saturated carbocycles. The van der Waals surface area contributed by atoms with Crippen molar-refractivity contribution in [2.75, 3.05) is 0 Å². The lowest BCUT2D eigenvalue weighted by atomic mass is 9.99. The van der Waals surface area contributed by atoms with Gasteiger partial charge in [0.15, 0.2) is 11.7 Å². The number of aromatic amines is 1. The largest absolute Gasteiger partial charge is 0.308 e. The highest BCUT2D eigenvalue weighted by atomic mass is 35.5. The van der Waals surface area contributed by atoms with Gasteiger partial charge in [0.05, 0.1) is 17.0 Å². The highest BCUT2D eigenvalue weighted by Gasteiger charge is 2.25. The molecule has 0 amide bonds. The van der Waals surface area contributed by atoms with Gasteiger partial charge in [0.2, 0.25) is 0 Å². The van der Waals surface area contributed by atoms with E-state index < -0.39 is 17.3 Å². The maximum atomic E-state index is 12.5. The Balaban J connectivity index is 2.12. The monoisotopic (exact) mass is 358 g/mol. The number of rotatable bonds is 3. The fourth-order valence-corrected chi connectivity index (χ4v) is 2.57. The van der Waals surface area contributed by atoms with Gasteiger partial charge < -0.3 is 4.98 Å². The maximum Gasteiger partial charge on any atom is 0.258 e. The van der Waals surface area contributed by atoms with Gasteiger partial charge in [-0.2, -0.15) is 5.26 Å². The van der Waals surface area contributed by atoms with Crippen LogP contribution >= 0.6 is 23.2 Å². The van der Waals surface area contributed by atoms with Gasteiger partial charge in [0, 0.05) is 16.8 Å². The second-order valence-electron chi connectivity index (χ2n) is 4.91. The van der Waals surface area contributed by atoms with E-state index in [9.17, 15) is 14.9 Å². The van der Waals surface area contributed by atoms with Crippen LogP contribution in [-0.2, 0) is 0 Å². The molecule has 0 unspecified atom stereocenters. The van der Waals surface area contributed by atoms with E-state index in [1.54, 1.807) is 6.07 Å². The quantitative estimate of drug-likeness (QED) is 0.572. The van der Waals surface area contributed by atoms with Crippen molar-refractivity contribution in [3.63, 3.8) is 0 Å². The fraction of sp³-hybridized carbons (Fsp3) is 0.0625. The number of nitriles is 1. The van der Waals surface area contributed by atoms with Crippen molar-refractivity contribution in [2.24, 2.45) is 0 Å². The smallest absolute Gasteiger partial charge is 0.258 e. The summed E-state index contributed by atoms with van der Waals surface area (Å²) in [6.07, 6.45) is 1.36. The van der Waals surface area contributed by atoms with Gasteiger partial charge in [0.25, 0.3) is 5.56 Å². The number of hydrogen-bond donors (Lipinski definition) is 1. The summed E-state index contributed by atoms with van der Waals surface area (Å²) in [7, 11) is 0. The number of nitrogens with one attached hydrogen (secondary N) is 1. The first-order valence-corrected chi connectivity index (χ1v) is 7.50. The molecule has 0 spiro atoms. The summed E-state index contributed by atoms with van der Waals surface area (Å²) in [6.45, 7) is 0. The highest BCUT2D eigenvalue weighted by Crippen LogP contribution is 2.21. The summed E-state index contributed by atoms with van der Waals surface area (Å²) in [4.78, 5) is 35.2. The second-order valence-corrected chi connectivity index (χ2v) is 5.73. The average Bonchev–Trinajstić information content (AvgIpc) is 2.55. The lowest BCUT2D eigenvalue weighted by Crippen LogP contribution is -2.19. The zero-order chi connectivity index (χ0) is 17.3. The highest BCUT2D eigenvalue weighted by molar-refractivity contribution is 6.31. The van der Waals surface area contributed by atoms with Crippen LogP contribution in [0.25, 0.3) is 10.9 Å². The first-order valence-electron chi connectivity index (χ1n) is 6.74. The number of aromatic nitrogens is 3. The Bertz CT molecular complexity index is 1060. The molecule has 0 fully saturated rings. The van der Waals surface area contributed by atoms with Crippen molar-refractivity contribution >= 4 is 39.9 Å². The van der Waals surface area contributed by atoms with Gasteiger partial charge in [-0.05, 0) is 30.3 Å². The Labute approximate surface area is 145 Å². The Hall–Kier alpha value is -2.75. The summed E-state index contributed by atoms with van der Waals surface area (Å²) in [6, 6.07) is 9.24. The molecule has 0 aliphatic heterocycles. The number of H-pyrrole nitrogens is 1. The van der Waals surface area contributed by atoms with Gasteiger partial charge in [-0.1, -0.05) is 23.2 Å². The minimum absolute atomic E-state index is 0.0461. The second kappa shape index (κ2) is 6.40. The van der Waals surface area contributed by atoms with Crippen molar-refractivity contribution in [3.05, 3.63) is 68.4 Å². The number of benzene rings is 1. The summed E-state index contributed by atoms with van der Waals surface area (Å²) in [5.74, 6) is -1.86. The molecule has 0 saturated heterocycles. The van der Waals surface area contributed by atoms with Crippen molar-refractivity contribution in [2.45, 2.75) is 5.92 Å². The van der Waals surface area contributed by atoms with Gasteiger partial charge in [0.1, 0.15) is 11.0 Å². The summed E-state index contributed by atoms with van der Waals surface area (Å²) >= 11 is 11.7. The third-order valence-corrected chi connectivity index (χ3v) is 3.80. The number of hydrogen-bond acceptors (Lipinski definition) is 5. The summed E-state index contributed by atoms with van der Waals surface area (Å²) < 4.78 is 0. The summed E-state index contributed by atoms with van der Waals surface area (Å²) in [5.41, 5.74) is 0.0601. The lowest BCUT2D eigenvalue weighted by molar-refractivity contribution is 0.0976. The molecule has 8 heteroatoms. The molecule has 1 N–H and O–H groups in total. The predicted molar refractivity (Wildman–Crippen MR) is 89.3 cm³/mol. The van der Waals surface area contributed by atoms with E-state index in [1.807, 2.05) is 6.07 Å². The molecule has 118 valence electrons. The van der Waals surface area contributed by atoms with E-state index in [4.69, 9.17) is 23.2 Å². The molecule has 0 aliphatic rings. The minimum Gasteiger partial charge on any atom is -0.308 e. The van der Waals surface area contributed by atoms with E-state index >= 15 is 0 Å². The number of ketones is 1. The average molecular weight is 359 g/mol. The third-order valence-electron chi connectivity index (χ3n) is 3.36. The van der Waals surface area contributed by atoms with Gasteiger partial charge in [-0.3, -0.25) is 9.59 Å². The number of fused-ring (bicyclic) bond motifs is 1. The fourth-order valence-electron chi connectivity index (χ4n) is 2.23. The Morgan fingerprint density at radius 2 is 2.04 bits per heavy atom. The zero-order valence-corrected chi connectivity index (χ0v) is 13.5. The lowest BCUT2D eigenvalue weighted by Gasteiger charge is -2.09. The van der Waals surface area contributed by atoms with E-state index in [2.05, 4.69) is 15.0 Å². The number of carbonyl (C=O) groups is 1. The molecule has 0 bridgehead atoms. The first kappa shape index (κ1) is 16.1. The Morgan fingerprint density at radius 3 is 2.75 bits per heavy atom. The van der Waals surface area contributed by atoms with Crippen LogP contribution < -0.4 is 5.56 Å². The van der Waals surface area contributed by atoms with Crippen LogP contribution in [-0.4, -0.2) is 20.7 Å². The molecular weight excluding hydrogens is 351 g/mol. The van der Waals surface area contributed by atoms with E-state index in [-0.39, 0.29) is 16.5 Å². The zero-order valence-electron chi connectivity index (χ0n) is 12.0. The van der Waals surface area contributed by atoms with E-state index in [1.165, 1.54) is 30.5 Å². The molecule has 24 heavy (non-hydrogen) atoms. The molecule has 0 radical (unpaired) electrons. The Kier molecular flexibility index (Phi) is 4.30. The molecule has 0 aliphatic carbocycles. The SMILES string of the molecule is N#C[C@@H](C(=O)c1ccnc(Cl)c1)c1nc2cc(Cl)ccc2c(=O)[nH]1. The minimum atomic E-state index is -1.28. The molecule has 2 heterocycles. The van der Waals surface area contributed by atoms with Crippen LogP contribution in [0.5, 0.6) is 0 Å². The van der Waals surface area contributed by atoms with Crippen LogP contribution in [0.3, 0.4) is 0 Å². The molecule has 3 rings (SSSR count). The number of carbonyl (C=O) groups excluding carboxylic acids is 1. The van der Waals surface area contributed by atoms with Gasteiger partial charge >= 0.3 is 0 Å². The van der Waals surface area contributed by atoms with Crippen molar-refractivity contribution < 1.29 is 4.79 Å². The van der Waals surface area contributed by atoms with E-state index in [0.717, 1.165) is 0 Å². The standard InChI is InChI=1S/C16H8Cl2N4O2/c17-9-1-2-10-12(6-9)21-15(22-16(10)24)11(7-19)14(23)8-3-4-20-13(18)5-8/h1-6,11H,(H,21,22,24)/t11-/m0/s1. The van der Waals surface area contributed by atoms with E-state index in [0.29, 0.717) is 15.9 Å². The molecule has 2 aromatic heterocycles. The van der Waals surface area contributed by atoms with Gasteiger partial charge in [-0.15, -0.1) is 0 Å². The number of halogens is 2. The number of Topliss-reactive ketones (excluding diaryl/α,β-unsaturated/α-hetero) is 1. The molecular formula is C16H8Cl2N4O2. The normalized spacial score (nSPS) is 11.9. The molecule has 1 atom stereocenters. The van der Waals surface area contributed by atoms with Crippen LogP contribution in [0.2, 0.25) is 10.2 Å². The Morgan fingerprint density at radius 1 is 1.25 bits per heavy atom. The van der Waals surface area contributed by atoms with Crippen LogP contribution in [0.1, 0.15) is 22.1 Å². The first-order chi connectivity index (χ1) is 11.5. The van der Waals surface area contributed by atoms with Crippen LogP contribution in [0.15, 0.2) is 41.3 Å². The van der Waals surface area contributed by atoms with Crippen molar-refractivity contribution in [1.29, 1.82) is 5.26 Å². The number of pyridine rings is 1. The molecule has 1 aromatic carbocycles. The third kappa shape index (κ3) is 3.00. The van der Waals surface area contributed by atoms with Crippen molar-refractivity contribution in [3.8, 4) is 6.07 Å². The molecule has 6 nitrogen and oxygen atoms in total. The topological polar surface area (TPSA) is 99.5 Å². The van der Waals surface area contributed by atoms with Gasteiger partial charge in [-0.25, -0.2) is 9.97 Å². The predicted octanol–water partition coefficient (Wildman–Crippen LogP) is 3.11. The summed E-state index contributed by atoms with van der Waals surface area (Å²) in [5, 5.41) is 10.2. The van der Waals surface area contributed by atoms with Crippen LogP contribution in [0.4, 0.5) is 0 Å². The van der Waals surface area contributed by atoms with Crippen molar-refractivity contribution in [1.82, 2.24) is 15.0 Å².